The van der Waals surface area contributed by atoms with E-state index in [4.69, 9.17) is 27.9 Å². The van der Waals surface area contributed by atoms with Gasteiger partial charge < -0.3 is 4.74 Å². The van der Waals surface area contributed by atoms with Crippen LogP contribution in [0.5, 0.6) is 0 Å². The van der Waals surface area contributed by atoms with Gasteiger partial charge in [-0.1, -0.05) is 47.5 Å². The highest BCUT2D eigenvalue weighted by atomic mass is 35.5. The van der Waals surface area contributed by atoms with Gasteiger partial charge in [-0.3, -0.25) is 0 Å². The lowest BCUT2D eigenvalue weighted by atomic mass is 10.0. The first-order valence-electron chi connectivity index (χ1n) is 5.83. The second-order valence-corrected chi connectivity index (χ2v) is 4.81. The molecule has 0 fully saturated rings. The largest absolute Gasteiger partial charge is 0.369 e. The summed E-state index contributed by atoms with van der Waals surface area (Å²) >= 11 is 11.8. The van der Waals surface area contributed by atoms with Crippen LogP contribution in [-0.4, -0.2) is 6.61 Å². The summed E-state index contributed by atoms with van der Waals surface area (Å²) in [7, 11) is 0. The van der Waals surface area contributed by atoms with Crippen molar-refractivity contribution in [2.24, 2.45) is 0 Å². The van der Waals surface area contributed by atoms with Crippen molar-refractivity contribution in [3.63, 3.8) is 0 Å². The standard InChI is InChI=1S/C15H14Cl2O.ClH/c1-2-18-15(11-3-7-13(16)8-4-11)12-5-9-14(17)10-6-12;/h3-10,15H,2H2,1H3;1H. The molecule has 0 bridgehead atoms. The molecule has 0 aliphatic rings. The van der Waals surface area contributed by atoms with Crippen LogP contribution in [0.3, 0.4) is 0 Å². The Morgan fingerprint density at radius 1 is 0.842 bits per heavy atom. The van der Waals surface area contributed by atoms with E-state index in [-0.39, 0.29) is 18.5 Å². The van der Waals surface area contributed by atoms with Gasteiger partial charge in [0.15, 0.2) is 0 Å². The Balaban J connectivity index is 0.00000180. The Bertz CT molecular complexity index is 448. The van der Waals surface area contributed by atoms with E-state index >= 15 is 0 Å². The van der Waals surface area contributed by atoms with E-state index in [1.807, 2.05) is 55.5 Å². The molecule has 2 aromatic rings. The number of hydrogen-bond acceptors (Lipinski definition) is 1. The zero-order chi connectivity index (χ0) is 13.0. The van der Waals surface area contributed by atoms with Crippen molar-refractivity contribution >= 4 is 35.6 Å². The molecule has 0 radical (unpaired) electrons. The molecule has 0 aromatic heterocycles. The first kappa shape index (κ1) is 16.3. The summed E-state index contributed by atoms with van der Waals surface area (Å²) < 4.78 is 5.81. The molecular formula is C15H15Cl3O. The highest BCUT2D eigenvalue weighted by Crippen LogP contribution is 2.27. The normalized spacial score (nSPS) is 10.3. The predicted molar refractivity (Wildman–Crippen MR) is 83.6 cm³/mol. The second kappa shape index (κ2) is 7.76. The third-order valence-corrected chi connectivity index (χ3v) is 3.18. The smallest absolute Gasteiger partial charge is 0.108 e. The number of halogens is 3. The van der Waals surface area contributed by atoms with Crippen molar-refractivity contribution in [3.8, 4) is 0 Å². The summed E-state index contributed by atoms with van der Waals surface area (Å²) in [5.41, 5.74) is 2.17. The van der Waals surface area contributed by atoms with Crippen molar-refractivity contribution in [1.82, 2.24) is 0 Å². The highest BCUT2D eigenvalue weighted by Gasteiger charge is 2.13. The molecule has 1 nitrogen and oxygen atoms in total. The minimum atomic E-state index is -0.0791. The number of rotatable bonds is 4. The lowest BCUT2D eigenvalue weighted by molar-refractivity contribution is 0.0913. The van der Waals surface area contributed by atoms with E-state index < -0.39 is 0 Å². The molecule has 0 saturated carbocycles. The van der Waals surface area contributed by atoms with Crippen molar-refractivity contribution in [3.05, 3.63) is 69.7 Å². The van der Waals surface area contributed by atoms with Gasteiger partial charge in [0.2, 0.25) is 0 Å². The van der Waals surface area contributed by atoms with Gasteiger partial charge in [0.1, 0.15) is 6.10 Å². The average Bonchev–Trinajstić information content (AvgIpc) is 2.39. The third-order valence-electron chi connectivity index (χ3n) is 2.68. The summed E-state index contributed by atoms with van der Waals surface area (Å²) in [6.07, 6.45) is -0.0791. The SMILES string of the molecule is CCOC(c1ccc(Cl)cc1)c1ccc(Cl)cc1.Cl. The van der Waals surface area contributed by atoms with Gasteiger partial charge in [0, 0.05) is 16.7 Å². The van der Waals surface area contributed by atoms with Gasteiger partial charge in [-0.2, -0.15) is 0 Å². The molecule has 0 amide bonds. The second-order valence-electron chi connectivity index (χ2n) is 3.94. The number of hydrogen-bond donors (Lipinski definition) is 0. The van der Waals surface area contributed by atoms with E-state index in [0.29, 0.717) is 6.61 Å². The van der Waals surface area contributed by atoms with Crippen molar-refractivity contribution in [1.29, 1.82) is 0 Å². The molecule has 0 aliphatic heterocycles. The third kappa shape index (κ3) is 4.39. The molecule has 19 heavy (non-hydrogen) atoms. The van der Waals surface area contributed by atoms with Gasteiger partial charge in [0.05, 0.1) is 0 Å². The zero-order valence-electron chi connectivity index (χ0n) is 10.5. The van der Waals surface area contributed by atoms with Gasteiger partial charge in [-0.25, -0.2) is 0 Å². The van der Waals surface area contributed by atoms with Gasteiger partial charge in [-0.05, 0) is 42.3 Å². The van der Waals surface area contributed by atoms with Crippen LogP contribution in [0, 0.1) is 0 Å². The van der Waals surface area contributed by atoms with E-state index in [2.05, 4.69) is 0 Å². The monoisotopic (exact) mass is 316 g/mol. The van der Waals surface area contributed by atoms with Crippen LogP contribution in [0.4, 0.5) is 0 Å². The summed E-state index contributed by atoms with van der Waals surface area (Å²) in [5, 5.41) is 1.45. The first-order chi connectivity index (χ1) is 8.70. The Morgan fingerprint density at radius 2 is 1.21 bits per heavy atom. The maximum atomic E-state index is 5.90. The maximum absolute atomic E-state index is 5.90. The Morgan fingerprint density at radius 3 is 1.53 bits per heavy atom. The first-order valence-corrected chi connectivity index (χ1v) is 6.59. The van der Waals surface area contributed by atoms with Crippen LogP contribution < -0.4 is 0 Å². The summed E-state index contributed by atoms with van der Waals surface area (Å²) in [4.78, 5) is 0. The lowest BCUT2D eigenvalue weighted by Gasteiger charge is -2.18. The van der Waals surface area contributed by atoms with Crippen molar-refractivity contribution in [2.45, 2.75) is 13.0 Å². The maximum Gasteiger partial charge on any atom is 0.108 e. The zero-order valence-corrected chi connectivity index (χ0v) is 12.8. The molecule has 0 heterocycles. The predicted octanol–water partition coefficient (Wildman–Crippen LogP) is 5.54. The minimum Gasteiger partial charge on any atom is -0.369 e. The van der Waals surface area contributed by atoms with E-state index in [1.54, 1.807) is 0 Å². The van der Waals surface area contributed by atoms with Crippen LogP contribution in [0.15, 0.2) is 48.5 Å². The quantitative estimate of drug-likeness (QED) is 0.719. The molecule has 0 spiro atoms. The summed E-state index contributed by atoms with van der Waals surface area (Å²) in [6, 6.07) is 15.4. The fourth-order valence-electron chi connectivity index (χ4n) is 1.83. The Kier molecular flexibility index (Phi) is 6.67. The fraction of sp³-hybridized carbons (Fsp3) is 0.200. The van der Waals surface area contributed by atoms with Crippen LogP contribution in [0.1, 0.15) is 24.2 Å². The highest BCUT2D eigenvalue weighted by molar-refractivity contribution is 6.30. The molecule has 0 aliphatic carbocycles. The van der Waals surface area contributed by atoms with Crippen molar-refractivity contribution < 1.29 is 4.74 Å². The van der Waals surface area contributed by atoms with E-state index in [9.17, 15) is 0 Å². The Labute approximate surface area is 129 Å². The van der Waals surface area contributed by atoms with Crippen LogP contribution >= 0.6 is 35.6 Å². The molecule has 0 unspecified atom stereocenters. The topological polar surface area (TPSA) is 9.23 Å². The minimum absolute atomic E-state index is 0. The molecule has 2 rings (SSSR count). The van der Waals surface area contributed by atoms with E-state index in [0.717, 1.165) is 21.2 Å². The Hall–Kier alpha value is -0.730. The molecule has 0 N–H and O–H groups in total. The summed E-state index contributed by atoms with van der Waals surface area (Å²) in [5.74, 6) is 0. The van der Waals surface area contributed by atoms with Gasteiger partial charge in [0.25, 0.3) is 0 Å². The molecule has 102 valence electrons. The van der Waals surface area contributed by atoms with Crippen LogP contribution in [0.25, 0.3) is 0 Å². The molecule has 0 saturated heterocycles. The summed E-state index contributed by atoms with van der Waals surface area (Å²) in [6.45, 7) is 2.63. The van der Waals surface area contributed by atoms with Crippen molar-refractivity contribution in [2.75, 3.05) is 6.61 Å². The van der Waals surface area contributed by atoms with Gasteiger partial charge >= 0.3 is 0 Å². The van der Waals surface area contributed by atoms with Gasteiger partial charge in [-0.15, -0.1) is 12.4 Å². The number of ether oxygens (including phenoxy) is 1. The lowest BCUT2D eigenvalue weighted by Crippen LogP contribution is -2.05. The fourth-order valence-corrected chi connectivity index (χ4v) is 2.08. The van der Waals surface area contributed by atoms with E-state index in [1.165, 1.54) is 0 Å². The molecule has 4 heteroatoms. The molecular weight excluding hydrogens is 303 g/mol. The average molecular weight is 318 g/mol. The molecule has 0 atom stereocenters. The van der Waals surface area contributed by atoms with Crippen LogP contribution in [-0.2, 0) is 4.74 Å². The number of benzene rings is 2. The molecule has 2 aromatic carbocycles. The van der Waals surface area contributed by atoms with Crippen LogP contribution in [0.2, 0.25) is 10.0 Å².